The number of carbonyl (C=O) groups excluding carboxylic acids is 2. The van der Waals surface area contributed by atoms with Crippen molar-refractivity contribution in [3.05, 3.63) is 11.1 Å². The molecule has 1 aromatic heterocycles. The molecule has 0 saturated heterocycles. The topological polar surface area (TPSA) is 59.5 Å². The summed E-state index contributed by atoms with van der Waals surface area (Å²) in [6.45, 7) is 2.11. The first-order valence-electron chi connectivity index (χ1n) is 8.66. The van der Waals surface area contributed by atoms with Gasteiger partial charge in [0.05, 0.1) is 6.61 Å². The molecular formula is C17H24N2O3S. The highest BCUT2D eigenvalue weighted by Crippen LogP contribution is 2.37. The van der Waals surface area contributed by atoms with E-state index >= 15 is 0 Å². The van der Waals surface area contributed by atoms with Gasteiger partial charge in [-0.1, -0.05) is 25.7 Å². The Labute approximate surface area is 141 Å². The molecule has 1 amide bonds. The predicted octanol–water partition coefficient (Wildman–Crippen LogP) is 3.79. The van der Waals surface area contributed by atoms with Gasteiger partial charge in [-0.3, -0.25) is 9.69 Å². The number of nitrogens with zero attached hydrogens (tertiary/aromatic N) is 2. The zero-order chi connectivity index (χ0) is 16.2. The molecule has 0 unspecified atom stereocenters. The van der Waals surface area contributed by atoms with E-state index in [1.807, 2.05) is 4.90 Å². The maximum absolute atomic E-state index is 13.0. The molecule has 2 aliphatic rings. The van der Waals surface area contributed by atoms with Gasteiger partial charge in [-0.2, -0.15) is 0 Å². The minimum atomic E-state index is -0.410. The van der Waals surface area contributed by atoms with Crippen LogP contribution < -0.4 is 4.90 Å². The molecule has 0 aromatic carbocycles. The third kappa shape index (κ3) is 3.91. The van der Waals surface area contributed by atoms with E-state index < -0.39 is 5.97 Å². The molecular weight excluding hydrogens is 312 g/mol. The Morgan fingerprint density at radius 2 is 1.91 bits per heavy atom. The van der Waals surface area contributed by atoms with Crippen molar-refractivity contribution in [2.24, 2.45) is 5.92 Å². The number of rotatable bonds is 5. The van der Waals surface area contributed by atoms with Crippen LogP contribution in [0.25, 0.3) is 0 Å². The van der Waals surface area contributed by atoms with Crippen molar-refractivity contribution in [3.8, 4) is 0 Å². The van der Waals surface area contributed by atoms with Gasteiger partial charge < -0.3 is 4.74 Å². The summed E-state index contributed by atoms with van der Waals surface area (Å²) in [5, 5.41) is 2.35. The quantitative estimate of drug-likeness (QED) is 0.606. The van der Waals surface area contributed by atoms with Crippen molar-refractivity contribution < 1.29 is 14.3 Å². The first-order chi connectivity index (χ1) is 11.2. The molecule has 1 aromatic rings. The highest BCUT2D eigenvalue weighted by Gasteiger charge is 2.38. The second-order valence-electron chi connectivity index (χ2n) is 6.36. The molecule has 0 spiro atoms. The minimum absolute atomic E-state index is 0.119. The van der Waals surface area contributed by atoms with E-state index in [-0.39, 0.29) is 17.9 Å². The molecule has 6 heteroatoms. The summed E-state index contributed by atoms with van der Waals surface area (Å²) < 4.78 is 4.99. The van der Waals surface area contributed by atoms with E-state index in [0.29, 0.717) is 17.4 Å². The number of ether oxygens (including phenoxy) is 1. The molecule has 126 valence electrons. The van der Waals surface area contributed by atoms with Gasteiger partial charge in [0, 0.05) is 17.3 Å². The van der Waals surface area contributed by atoms with E-state index in [4.69, 9.17) is 4.74 Å². The second kappa shape index (κ2) is 7.43. The Bertz CT molecular complexity index is 560. The van der Waals surface area contributed by atoms with Crippen LogP contribution in [0.2, 0.25) is 0 Å². The molecule has 2 aliphatic carbocycles. The molecule has 0 bridgehead atoms. The molecule has 0 radical (unpaired) electrons. The van der Waals surface area contributed by atoms with E-state index in [1.54, 1.807) is 12.3 Å². The summed E-state index contributed by atoms with van der Waals surface area (Å²) >= 11 is 1.37. The van der Waals surface area contributed by atoms with Crippen molar-refractivity contribution in [2.45, 2.75) is 64.3 Å². The first-order valence-corrected chi connectivity index (χ1v) is 9.54. The van der Waals surface area contributed by atoms with Gasteiger partial charge in [0.2, 0.25) is 5.91 Å². The molecule has 0 N–H and O–H groups in total. The highest BCUT2D eigenvalue weighted by molar-refractivity contribution is 7.14. The summed E-state index contributed by atoms with van der Waals surface area (Å²) in [6, 6.07) is 0.270. The van der Waals surface area contributed by atoms with Gasteiger partial charge in [0.1, 0.15) is 0 Å². The number of aromatic nitrogens is 1. The lowest BCUT2D eigenvalue weighted by molar-refractivity contribution is -0.122. The van der Waals surface area contributed by atoms with Gasteiger partial charge in [0.25, 0.3) is 0 Å². The van der Waals surface area contributed by atoms with Gasteiger partial charge in [0.15, 0.2) is 10.8 Å². The molecule has 2 fully saturated rings. The van der Waals surface area contributed by atoms with Crippen LogP contribution in [0.15, 0.2) is 5.38 Å². The standard InChI is InChI=1S/C17H24N2O3S/c1-2-22-16(21)14-11-23-17(18-14)19(13-9-10-13)15(20)12-7-5-3-4-6-8-12/h11-13H,2-10H2,1H3. The number of esters is 1. The van der Waals surface area contributed by atoms with Crippen LogP contribution >= 0.6 is 11.3 Å². The lowest BCUT2D eigenvalue weighted by Gasteiger charge is -2.24. The molecule has 23 heavy (non-hydrogen) atoms. The van der Waals surface area contributed by atoms with E-state index in [9.17, 15) is 9.59 Å². The normalized spacial score (nSPS) is 19.2. The Hall–Kier alpha value is -1.43. The number of amides is 1. The largest absolute Gasteiger partial charge is 0.461 e. The van der Waals surface area contributed by atoms with Crippen LogP contribution in [0.3, 0.4) is 0 Å². The summed E-state index contributed by atoms with van der Waals surface area (Å²) in [6.07, 6.45) is 8.78. The third-order valence-electron chi connectivity index (χ3n) is 4.54. The van der Waals surface area contributed by atoms with Crippen molar-refractivity contribution in [2.75, 3.05) is 11.5 Å². The van der Waals surface area contributed by atoms with Crippen LogP contribution in [0.5, 0.6) is 0 Å². The summed E-state index contributed by atoms with van der Waals surface area (Å²) in [4.78, 5) is 31.1. The number of hydrogen-bond donors (Lipinski definition) is 0. The van der Waals surface area contributed by atoms with Crippen molar-refractivity contribution >= 4 is 28.3 Å². The lowest BCUT2D eigenvalue weighted by Crippen LogP contribution is -2.38. The Morgan fingerprint density at radius 1 is 1.22 bits per heavy atom. The van der Waals surface area contributed by atoms with Crippen LogP contribution in [-0.4, -0.2) is 29.5 Å². The van der Waals surface area contributed by atoms with Crippen molar-refractivity contribution in [1.82, 2.24) is 4.98 Å². The SMILES string of the molecule is CCOC(=O)c1csc(N(C(=O)C2CCCCCC2)C2CC2)n1. The second-order valence-corrected chi connectivity index (χ2v) is 7.20. The number of thiazole rings is 1. The predicted molar refractivity (Wildman–Crippen MR) is 89.8 cm³/mol. The van der Waals surface area contributed by atoms with Gasteiger partial charge in [-0.05, 0) is 32.6 Å². The first kappa shape index (κ1) is 16.4. The molecule has 3 rings (SSSR count). The van der Waals surface area contributed by atoms with Gasteiger partial charge in [-0.25, -0.2) is 9.78 Å². The third-order valence-corrected chi connectivity index (χ3v) is 5.38. The molecule has 5 nitrogen and oxygen atoms in total. The lowest BCUT2D eigenvalue weighted by atomic mass is 9.99. The van der Waals surface area contributed by atoms with Crippen molar-refractivity contribution in [3.63, 3.8) is 0 Å². The highest BCUT2D eigenvalue weighted by atomic mass is 32.1. The fraction of sp³-hybridized carbons (Fsp3) is 0.706. The van der Waals surface area contributed by atoms with E-state index in [2.05, 4.69) is 4.98 Å². The summed E-state index contributed by atoms with van der Waals surface area (Å²) in [7, 11) is 0. The van der Waals surface area contributed by atoms with Crippen LogP contribution in [0, 0.1) is 5.92 Å². The van der Waals surface area contributed by atoms with E-state index in [0.717, 1.165) is 38.5 Å². The Balaban J connectivity index is 1.76. The van der Waals surface area contributed by atoms with E-state index in [1.165, 1.54) is 24.2 Å². The van der Waals surface area contributed by atoms with Crippen molar-refractivity contribution in [1.29, 1.82) is 0 Å². The van der Waals surface area contributed by atoms with Gasteiger partial charge >= 0.3 is 5.97 Å². The van der Waals surface area contributed by atoms with Crippen LogP contribution in [0.4, 0.5) is 5.13 Å². The molecule has 1 heterocycles. The average Bonchev–Trinajstić information content (AvgIpc) is 3.30. The smallest absolute Gasteiger partial charge is 0.357 e. The molecule has 0 atom stereocenters. The monoisotopic (exact) mass is 336 g/mol. The molecule has 0 aliphatic heterocycles. The zero-order valence-electron chi connectivity index (χ0n) is 13.6. The number of carbonyl (C=O) groups is 2. The number of anilines is 1. The zero-order valence-corrected chi connectivity index (χ0v) is 14.4. The summed E-state index contributed by atoms with van der Waals surface area (Å²) in [5.74, 6) is -0.0835. The maximum atomic E-state index is 13.0. The maximum Gasteiger partial charge on any atom is 0.357 e. The van der Waals surface area contributed by atoms with Gasteiger partial charge in [-0.15, -0.1) is 11.3 Å². The number of hydrogen-bond acceptors (Lipinski definition) is 5. The fourth-order valence-corrected chi connectivity index (χ4v) is 4.03. The molecule has 2 saturated carbocycles. The average molecular weight is 336 g/mol. The van der Waals surface area contributed by atoms with Crippen LogP contribution in [0.1, 0.15) is 68.8 Å². The van der Waals surface area contributed by atoms with Crippen LogP contribution in [-0.2, 0) is 9.53 Å². The minimum Gasteiger partial charge on any atom is -0.461 e. The fourth-order valence-electron chi connectivity index (χ4n) is 3.16. The Morgan fingerprint density at radius 3 is 2.52 bits per heavy atom. The Kier molecular flexibility index (Phi) is 5.30. The summed E-state index contributed by atoms with van der Waals surface area (Å²) in [5.41, 5.74) is 0.311.